The minimum absolute atomic E-state index is 0.0817. The van der Waals surface area contributed by atoms with Crippen LogP contribution < -0.4 is 4.52 Å². The van der Waals surface area contributed by atoms with E-state index in [0.29, 0.717) is 0 Å². The Balaban J connectivity index is 2.43. The molecule has 3 nitrogen and oxygen atoms in total. The van der Waals surface area contributed by atoms with Gasteiger partial charge in [-0.05, 0) is 61.1 Å². The fraction of sp³-hybridized carbons (Fsp3) is 0.538. The SMILES string of the molecule is CCCCC/C(=N\P(=S)(CC(C)(C)CCCC)Oc1ccc(C)nc1)c1ccccc1. The molecular formula is C26H39N2OPS. The van der Waals surface area contributed by atoms with Gasteiger partial charge in [-0.2, -0.15) is 0 Å². The van der Waals surface area contributed by atoms with E-state index >= 15 is 0 Å². The van der Waals surface area contributed by atoms with Crippen LogP contribution in [0.15, 0.2) is 53.4 Å². The predicted octanol–water partition coefficient (Wildman–Crippen LogP) is 8.36. The zero-order valence-corrected chi connectivity index (χ0v) is 21.6. The van der Waals surface area contributed by atoms with Crippen LogP contribution in [0.3, 0.4) is 0 Å². The van der Waals surface area contributed by atoms with Gasteiger partial charge in [0, 0.05) is 11.9 Å². The molecule has 0 saturated heterocycles. The molecule has 1 heterocycles. The summed E-state index contributed by atoms with van der Waals surface area (Å²) in [6.07, 6.45) is 8.00. The largest absolute Gasteiger partial charge is 0.445 e. The first kappa shape index (κ1) is 25.7. The van der Waals surface area contributed by atoms with Crippen LogP contribution in [0.5, 0.6) is 5.75 Å². The molecule has 0 spiro atoms. The van der Waals surface area contributed by atoms with Crippen molar-refractivity contribution in [1.82, 2.24) is 4.98 Å². The van der Waals surface area contributed by atoms with Crippen LogP contribution in [0.1, 0.15) is 83.9 Å². The molecule has 170 valence electrons. The van der Waals surface area contributed by atoms with E-state index in [1.165, 1.54) is 25.7 Å². The Hall–Kier alpha value is -1.51. The first-order valence-electron chi connectivity index (χ1n) is 11.6. The van der Waals surface area contributed by atoms with Gasteiger partial charge in [-0.1, -0.05) is 83.7 Å². The number of benzene rings is 1. The van der Waals surface area contributed by atoms with E-state index in [2.05, 4.69) is 56.9 Å². The van der Waals surface area contributed by atoms with Crippen molar-refractivity contribution in [3.05, 3.63) is 59.9 Å². The molecule has 2 rings (SSSR count). The molecule has 1 atom stereocenters. The summed E-state index contributed by atoms with van der Waals surface area (Å²) in [6.45, 7) is 11.0. The highest BCUT2D eigenvalue weighted by Gasteiger charge is 2.30. The van der Waals surface area contributed by atoms with E-state index in [1.807, 2.05) is 25.1 Å². The Morgan fingerprint density at radius 1 is 1.03 bits per heavy atom. The minimum Gasteiger partial charge on any atom is -0.445 e. The summed E-state index contributed by atoms with van der Waals surface area (Å²) in [4.78, 5) is 4.41. The van der Waals surface area contributed by atoms with Gasteiger partial charge in [-0.25, -0.2) is 4.76 Å². The maximum Gasteiger partial charge on any atom is 0.223 e. The topological polar surface area (TPSA) is 34.5 Å². The Morgan fingerprint density at radius 3 is 2.35 bits per heavy atom. The highest BCUT2D eigenvalue weighted by molar-refractivity contribution is 8.11. The van der Waals surface area contributed by atoms with Crippen LogP contribution in [0, 0.1) is 12.3 Å². The summed E-state index contributed by atoms with van der Waals surface area (Å²) in [5.41, 5.74) is 3.30. The number of nitrogens with zero attached hydrogens (tertiary/aromatic N) is 2. The van der Waals surface area contributed by atoms with Crippen molar-refractivity contribution in [3.8, 4) is 5.75 Å². The number of aromatic nitrogens is 1. The van der Waals surface area contributed by atoms with Crippen LogP contribution >= 0.6 is 6.42 Å². The smallest absolute Gasteiger partial charge is 0.223 e. The van der Waals surface area contributed by atoms with Crippen molar-refractivity contribution in [3.63, 3.8) is 0 Å². The summed E-state index contributed by atoms with van der Waals surface area (Å²) >= 11 is 6.24. The van der Waals surface area contributed by atoms with Crippen molar-refractivity contribution in [2.75, 3.05) is 6.16 Å². The molecule has 2 aromatic rings. The monoisotopic (exact) mass is 458 g/mol. The number of hydrogen-bond acceptors (Lipinski definition) is 3. The quantitative estimate of drug-likeness (QED) is 0.172. The summed E-state index contributed by atoms with van der Waals surface area (Å²) in [7, 11) is 0. The van der Waals surface area contributed by atoms with Gasteiger partial charge in [-0.3, -0.25) is 4.98 Å². The fourth-order valence-electron chi connectivity index (χ4n) is 3.65. The second-order valence-electron chi connectivity index (χ2n) is 9.16. The number of hydrogen-bond donors (Lipinski definition) is 0. The van der Waals surface area contributed by atoms with E-state index in [-0.39, 0.29) is 5.41 Å². The third-order valence-corrected chi connectivity index (χ3v) is 8.52. The Morgan fingerprint density at radius 2 is 1.74 bits per heavy atom. The van der Waals surface area contributed by atoms with E-state index in [0.717, 1.165) is 48.1 Å². The highest BCUT2D eigenvalue weighted by Crippen LogP contribution is 2.54. The highest BCUT2D eigenvalue weighted by atomic mass is 32.4. The number of aryl methyl sites for hydroxylation is 1. The van der Waals surface area contributed by atoms with Gasteiger partial charge >= 0.3 is 0 Å². The van der Waals surface area contributed by atoms with E-state index < -0.39 is 6.42 Å². The van der Waals surface area contributed by atoms with E-state index in [4.69, 9.17) is 21.1 Å². The molecular weight excluding hydrogens is 419 g/mol. The normalized spacial score (nSPS) is 14.3. The van der Waals surface area contributed by atoms with Crippen molar-refractivity contribution in [2.24, 2.45) is 10.2 Å². The van der Waals surface area contributed by atoms with Gasteiger partial charge in [0.15, 0.2) is 0 Å². The van der Waals surface area contributed by atoms with Gasteiger partial charge < -0.3 is 4.52 Å². The first-order valence-corrected chi connectivity index (χ1v) is 14.5. The first-order chi connectivity index (χ1) is 14.8. The molecule has 0 amide bonds. The van der Waals surface area contributed by atoms with Crippen molar-refractivity contribution in [1.29, 1.82) is 0 Å². The second-order valence-corrected chi connectivity index (χ2v) is 12.8. The molecule has 0 bridgehead atoms. The van der Waals surface area contributed by atoms with Crippen LogP contribution in [0.2, 0.25) is 0 Å². The summed E-state index contributed by atoms with van der Waals surface area (Å²) in [5.74, 6) is 0.727. The third kappa shape index (κ3) is 9.25. The average molecular weight is 459 g/mol. The maximum absolute atomic E-state index is 6.51. The Labute approximate surface area is 194 Å². The van der Waals surface area contributed by atoms with Gasteiger partial charge in [0.2, 0.25) is 6.42 Å². The molecule has 0 aliphatic carbocycles. The zero-order chi connectivity index (χ0) is 22.7. The van der Waals surface area contributed by atoms with Gasteiger partial charge in [-0.15, -0.1) is 0 Å². The van der Waals surface area contributed by atoms with Gasteiger partial charge in [0.1, 0.15) is 5.75 Å². The van der Waals surface area contributed by atoms with E-state index in [1.54, 1.807) is 6.20 Å². The van der Waals surface area contributed by atoms with Gasteiger partial charge in [0.25, 0.3) is 0 Å². The molecule has 0 aliphatic rings. The van der Waals surface area contributed by atoms with Crippen molar-refractivity contribution >= 4 is 23.9 Å². The summed E-state index contributed by atoms with van der Waals surface area (Å²) in [6, 6.07) is 14.4. The fourth-order valence-corrected chi connectivity index (χ4v) is 7.68. The predicted molar refractivity (Wildman–Crippen MR) is 139 cm³/mol. The number of pyridine rings is 1. The molecule has 0 fully saturated rings. The van der Waals surface area contributed by atoms with Crippen LogP contribution in [-0.4, -0.2) is 16.9 Å². The molecule has 0 N–H and O–H groups in total. The number of unbranched alkanes of at least 4 members (excludes halogenated alkanes) is 3. The summed E-state index contributed by atoms with van der Waals surface area (Å²) < 4.78 is 11.8. The maximum atomic E-state index is 6.51. The molecule has 31 heavy (non-hydrogen) atoms. The lowest BCUT2D eigenvalue weighted by atomic mass is 9.90. The molecule has 1 unspecified atom stereocenters. The molecule has 5 heteroatoms. The van der Waals surface area contributed by atoms with Gasteiger partial charge in [0.05, 0.1) is 11.9 Å². The lowest BCUT2D eigenvalue weighted by Gasteiger charge is -2.31. The van der Waals surface area contributed by atoms with Crippen LogP contribution in [-0.2, 0) is 11.8 Å². The summed E-state index contributed by atoms with van der Waals surface area (Å²) in [5, 5.41) is 0. The second kappa shape index (κ2) is 12.5. The van der Waals surface area contributed by atoms with Crippen molar-refractivity contribution < 1.29 is 4.52 Å². The lowest BCUT2D eigenvalue weighted by Crippen LogP contribution is -2.19. The lowest BCUT2D eigenvalue weighted by molar-refractivity contribution is 0.363. The number of rotatable bonds is 13. The molecule has 0 saturated carbocycles. The standard InChI is InChI=1S/C26H39N2OPS/c1-6-8-11-16-25(23-14-12-10-13-15-23)28-30(31,21-26(4,5)19-9-7-2)29-24-18-17-22(3)27-20-24/h10,12-15,17-18,20H,6-9,11,16,19,21H2,1-5H3/b28-25+. The molecule has 1 aromatic heterocycles. The Bertz CT molecular complexity index is 863. The Kier molecular flexibility index (Phi) is 10.4. The van der Waals surface area contributed by atoms with E-state index in [9.17, 15) is 0 Å². The minimum atomic E-state index is -2.51. The van der Waals surface area contributed by atoms with Crippen LogP contribution in [0.25, 0.3) is 0 Å². The molecule has 0 aliphatic heterocycles. The van der Waals surface area contributed by atoms with Crippen molar-refractivity contribution in [2.45, 2.75) is 79.6 Å². The average Bonchev–Trinajstić information content (AvgIpc) is 2.73. The third-order valence-electron chi connectivity index (χ3n) is 5.36. The van der Waals surface area contributed by atoms with Crippen LogP contribution in [0.4, 0.5) is 0 Å². The molecule has 0 radical (unpaired) electrons. The molecule has 1 aromatic carbocycles. The zero-order valence-electron chi connectivity index (χ0n) is 19.9.